The predicted octanol–water partition coefficient (Wildman–Crippen LogP) is 3.48. The zero-order valence-corrected chi connectivity index (χ0v) is 16.0. The first-order valence-electron chi connectivity index (χ1n) is 9.17. The number of carbonyl (C=O) groups is 1. The predicted molar refractivity (Wildman–Crippen MR) is 108 cm³/mol. The van der Waals surface area contributed by atoms with Gasteiger partial charge in [-0.2, -0.15) is 0 Å². The minimum absolute atomic E-state index is 0.230. The van der Waals surface area contributed by atoms with Crippen LogP contribution in [0.4, 0.5) is 5.69 Å². The van der Waals surface area contributed by atoms with E-state index in [1.165, 1.54) is 11.1 Å². The van der Waals surface area contributed by atoms with Crippen LogP contribution in [-0.4, -0.2) is 43.5 Å². The number of anilines is 1. The Balaban J connectivity index is 1.39. The van der Waals surface area contributed by atoms with Gasteiger partial charge in [0, 0.05) is 56.4 Å². The summed E-state index contributed by atoms with van der Waals surface area (Å²) in [6.45, 7) is 6.86. The van der Waals surface area contributed by atoms with Gasteiger partial charge in [0.25, 0.3) is 0 Å². The number of carbonyl (C=O) groups excluding carboxylic acids is 1. The second-order valence-electron chi connectivity index (χ2n) is 6.70. The maximum atomic E-state index is 12.4. The van der Waals surface area contributed by atoms with Crippen molar-refractivity contribution in [2.75, 3.05) is 37.6 Å². The van der Waals surface area contributed by atoms with Crippen LogP contribution in [0.15, 0.2) is 48.5 Å². The summed E-state index contributed by atoms with van der Waals surface area (Å²) in [5, 5.41) is 4.13. The van der Waals surface area contributed by atoms with Gasteiger partial charge in [-0.1, -0.05) is 41.9 Å². The summed E-state index contributed by atoms with van der Waals surface area (Å²) < 4.78 is 0. The minimum Gasteiger partial charge on any atom is -0.368 e. The Bertz CT molecular complexity index is 742. The minimum atomic E-state index is 0.230. The number of benzene rings is 2. The molecule has 138 valence electrons. The lowest BCUT2D eigenvalue weighted by Crippen LogP contribution is -2.49. The van der Waals surface area contributed by atoms with Crippen LogP contribution in [0.5, 0.6) is 0 Å². The summed E-state index contributed by atoms with van der Waals surface area (Å²) in [5.74, 6) is 0.230. The first-order valence-corrected chi connectivity index (χ1v) is 9.55. The fourth-order valence-corrected chi connectivity index (χ4v) is 3.46. The number of rotatable bonds is 6. The molecule has 1 heterocycles. The topological polar surface area (TPSA) is 35.6 Å². The van der Waals surface area contributed by atoms with E-state index in [2.05, 4.69) is 41.4 Å². The molecule has 0 unspecified atom stereocenters. The van der Waals surface area contributed by atoms with E-state index in [9.17, 15) is 4.79 Å². The van der Waals surface area contributed by atoms with Crippen LogP contribution in [0.3, 0.4) is 0 Å². The van der Waals surface area contributed by atoms with E-state index in [1.807, 2.05) is 29.2 Å². The van der Waals surface area contributed by atoms with E-state index >= 15 is 0 Å². The van der Waals surface area contributed by atoms with Crippen LogP contribution in [0.25, 0.3) is 0 Å². The zero-order chi connectivity index (χ0) is 18.4. The lowest BCUT2D eigenvalue weighted by Gasteiger charge is -2.36. The maximum absolute atomic E-state index is 12.4. The Morgan fingerprint density at radius 2 is 1.85 bits per heavy atom. The zero-order valence-electron chi connectivity index (χ0n) is 15.2. The first-order chi connectivity index (χ1) is 12.6. The van der Waals surface area contributed by atoms with E-state index in [1.54, 1.807) is 0 Å². The molecule has 26 heavy (non-hydrogen) atoms. The number of hydrogen-bond acceptors (Lipinski definition) is 3. The molecular weight excluding hydrogens is 346 g/mol. The lowest BCUT2D eigenvalue weighted by molar-refractivity contribution is -0.131. The van der Waals surface area contributed by atoms with E-state index in [0.717, 1.165) is 43.4 Å². The molecule has 1 amide bonds. The van der Waals surface area contributed by atoms with Crippen molar-refractivity contribution >= 4 is 23.2 Å². The van der Waals surface area contributed by atoms with Crippen LogP contribution in [0.2, 0.25) is 5.02 Å². The molecule has 0 atom stereocenters. The number of amides is 1. The molecule has 0 bridgehead atoms. The Labute approximate surface area is 160 Å². The standard InChI is InChI=1S/C21H26ClN3O/c1-17-5-2-3-6-18(17)16-23-10-9-21(26)25-13-11-24(12-14-25)20-8-4-7-19(22)15-20/h2-8,15,23H,9-14,16H2,1H3. The molecule has 2 aromatic carbocycles. The largest absolute Gasteiger partial charge is 0.368 e. The van der Waals surface area contributed by atoms with E-state index in [-0.39, 0.29) is 5.91 Å². The Morgan fingerprint density at radius 3 is 2.58 bits per heavy atom. The molecular formula is C21H26ClN3O. The summed E-state index contributed by atoms with van der Waals surface area (Å²) in [5.41, 5.74) is 3.70. The van der Waals surface area contributed by atoms with Crippen molar-refractivity contribution in [1.29, 1.82) is 0 Å². The van der Waals surface area contributed by atoms with Gasteiger partial charge >= 0.3 is 0 Å². The number of halogens is 1. The summed E-state index contributed by atoms with van der Waals surface area (Å²) in [4.78, 5) is 16.7. The highest BCUT2D eigenvalue weighted by atomic mass is 35.5. The highest BCUT2D eigenvalue weighted by Crippen LogP contribution is 2.20. The highest BCUT2D eigenvalue weighted by molar-refractivity contribution is 6.30. The van der Waals surface area contributed by atoms with Gasteiger partial charge in [0.15, 0.2) is 0 Å². The molecule has 1 saturated heterocycles. The fraction of sp³-hybridized carbons (Fsp3) is 0.381. The second kappa shape index (κ2) is 9.06. The van der Waals surface area contributed by atoms with Gasteiger partial charge in [0.05, 0.1) is 0 Å². The Kier molecular flexibility index (Phi) is 6.53. The quantitative estimate of drug-likeness (QED) is 0.790. The molecule has 0 aromatic heterocycles. The van der Waals surface area contributed by atoms with Crippen LogP contribution < -0.4 is 10.2 Å². The summed E-state index contributed by atoms with van der Waals surface area (Å²) in [7, 11) is 0. The van der Waals surface area contributed by atoms with E-state index < -0.39 is 0 Å². The summed E-state index contributed by atoms with van der Waals surface area (Å²) in [6, 6.07) is 16.2. The highest BCUT2D eigenvalue weighted by Gasteiger charge is 2.20. The van der Waals surface area contributed by atoms with Crippen LogP contribution in [0.1, 0.15) is 17.5 Å². The summed E-state index contributed by atoms with van der Waals surface area (Å²) >= 11 is 6.07. The van der Waals surface area contributed by atoms with Gasteiger partial charge < -0.3 is 15.1 Å². The molecule has 1 N–H and O–H groups in total. The average molecular weight is 372 g/mol. The van der Waals surface area contributed by atoms with E-state index in [4.69, 9.17) is 11.6 Å². The van der Waals surface area contributed by atoms with Crippen molar-refractivity contribution in [3.63, 3.8) is 0 Å². The molecule has 1 aliphatic heterocycles. The van der Waals surface area contributed by atoms with Crippen molar-refractivity contribution in [3.05, 3.63) is 64.7 Å². The number of piperazine rings is 1. The first kappa shape index (κ1) is 18.7. The Morgan fingerprint density at radius 1 is 1.08 bits per heavy atom. The van der Waals surface area contributed by atoms with Gasteiger partial charge in [-0.15, -0.1) is 0 Å². The average Bonchev–Trinajstić information content (AvgIpc) is 2.66. The van der Waals surface area contributed by atoms with Crippen molar-refractivity contribution in [2.45, 2.75) is 19.9 Å². The Hall–Kier alpha value is -2.04. The molecule has 1 aliphatic rings. The SMILES string of the molecule is Cc1ccccc1CNCCC(=O)N1CCN(c2cccc(Cl)c2)CC1. The molecule has 0 saturated carbocycles. The molecule has 2 aromatic rings. The third kappa shape index (κ3) is 4.99. The fourth-order valence-electron chi connectivity index (χ4n) is 3.27. The molecule has 4 nitrogen and oxygen atoms in total. The van der Waals surface area contributed by atoms with Crippen LogP contribution in [-0.2, 0) is 11.3 Å². The van der Waals surface area contributed by atoms with Gasteiger partial charge in [0.2, 0.25) is 5.91 Å². The second-order valence-corrected chi connectivity index (χ2v) is 7.14. The lowest BCUT2D eigenvalue weighted by atomic mass is 10.1. The number of aryl methyl sites for hydroxylation is 1. The van der Waals surface area contributed by atoms with Crippen molar-refractivity contribution in [3.8, 4) is 0 Å². The van der Waals surface area contributed by atoms with Crippen molar-refractivity contribution < 1.29 is 4.79 Å². The van der Waals surface area contributed by atoms with Gasteiger partial charge in [-0.05, 0) is 36.2 Å². The number of nitrogens with one attached hydrogen (secondary N) is 1. The maximum Gasteiger partial charge on any atom is 0.223 e. The number of hydrogen-bond donors (Lipinski definition) is 1. The monoisotopic (exact) mass is 371 g/mol. The molecule has 3 rings (SSSR count). The normalized spacial score (nSPS) is 14.5. The molecule has 5 heteroatoms. The molecule has 0 spiro atoms. The third-order valence-corrected chi connectivity index (χ3v) is 5.13. The van der Waals surface area contributed by atoms with E-state index in [0.29, 0.717) is 13.0 Å². The van der Waals surface area contributed by atoms with Gasteiger partial charge in [-0.25, -0.2) is 0 Å². The third-order valence-electron chi connectivity index (χ3n) is 4.90. The van der Waals surface area contributed by atoms with Crippen LogP contribution in [0, 0.1) is 6.92 Å². The van der Waals surface area contributed by atoms with Gasteiger partial charge in [0.1, 0.15) is 0 Å². The van der Waals surface area contributed by atoms with Crippen molar-refractivity contribution in [1.82, 2.24) is 10.2 Å². The molecule has 0 radical (unpaired) electrons. The van der Waals surface area contributed by atoms with Crippen LogP contribution >= 0.6 is 11.6 Å². The molecule has 0 aliphatic carbocycles. The van der Waals surface area contributed by atoms with Gasteiger partial charge in [-0.3, -0.25) is 4.79 Å². The smallest absolute Gasteiger partial charge is 0.223 e. The number of nitrogens with zero attached hydrogens (tertiary/aromatic N) is 2. The molecule has 1 fully saturated rings. The van der Waals surface area contributed by atoms with Crippen molar-refractivity contribution in [2.24, 2.45) is 0 Å². The summed E-state index contributed by atoms with van der Waals surface area (Å²) in [6.07, 6.45) is 0.545.